The van der Waals surface area contributed by atoms with Gasteiger partial charge in [-0.15, -0.1) is 12.4 Å². The number of nitrogens with two attached hydrogens (primary N) is 1. The molecule has 0 saturated carbocycles. The molecule has 0 amide bonds. The topological polar surface area (TPSA) is 73.6 Å². The van der Waals surface area contributed by atoms with Crippen molar-refractivity contribution in [2.45, 2.75) is 25.3 Å². The van der Waals surface area contributed by atoms with E-state index in [1.54, 1.807) is 6.92 Å². The average Bonchev–Trinajstić information content (AvgIpc) is 2.19. The van der Waals surface area contributed by atoms with Gasteiger partial charge in [0.25, 0.3) is 0 Å². The van der Waals surface area contributed by atoms with Crippen molar-refractivity contribution in [1.82, 2.24) is 5.43 Å². The molecular weight excluding hydrogens is 208 g/mol. The van der Waals surface area contributed by atoms with Crippen LogP contribution >= 0.6 is 12.4 Å². The van der Waals surface area contributed by atoms with Gasteiger partial charge in [-0.3, -0.25) is 5.84 Å². The van der Waals surface area contributed by atoms with Gasteiger partial charge in [-0.1, -0.05) is 0 Å². The molecule has 0 aliphatic carbocycles. The van der Waals surface area contributed by atoms with Crippen LogP contribution in [0.15, 0.2) is 0 Å². The van der Waals surface area contributed by atoms with Gasteiger partial charge in [0.2, 0.25) is 0 Å². The quantitative estimate of drug-likeness (QED) is 0.401. The molecule has 0 aromatic heterocycles. The standard InChI is InChI=1S/C8H16N2O3.ClH/c1-2-13-7(11)8(10-9)3-5-12-6-4-8;/h10H,2-6,9H2,1H3;1H. The molecule has 0 atom stereocenters. The molecule has 6 heteroatoms. The Balaban J connectivity index is 0.00000169. The summed E-state index contributed by atoms with van der Waals surface area (Å²) < 4.78 is 10.1. The summed E-state index contributed by atoms with van der Waals surface area (Å²) >= 11 is 0. The number of hydrazine groups is 1. The molecule has 0 radical (unpaired) electrons. The average molecular weight is 225 g/mol. The molecule has 0 unspecified atom stereocenters. The lowest BCUT2D eigenvalue weighted by molar-refractivity contribution is -0.155. The highest BCUT2D eigenvalue weighted by atomic mass is 35.5. The lowest BCUT2D eigenvalue weighted by atomic mass is 9.91. The van der Waals surface area contributed by atoms with Crippen LogP contribution in [0.5, 0.6) is 0 Å². The molecule has 1 aliphatic heterocycles. The zero-order chi connectivity index (χ0) is 9.73. The first-order valence-corrected chi connectivity index (χ1v) is 4.48. The zero-order valence-corrected chi connectivity index (χ0v) is 9.06. The zero-order valence-electron chi connectivity index (χ0n) is 8.25. The summed E-state index contributed by atoms with van der Waals surface area (Å²) in [5, 5.41) is 0. The Morgan fingerprint density at radius 1 is 1.57 bits per heavy atom. The third-order valence-electron chi connectivity index (χ3n) is 2.29. The Hall–Kier alpha value is -0.360. The van der Waals surface area contributed by atoms with Crippen LogP contribution in [0.3, 0.4) is 0 Å². The number of hydrogen-bond donors (Lipinski definition) is 2. The van der Waals surface area contributed by atoms with E-state index < -0.39 is 5.54 Å². The number of nitrogens with one attached hydrogen (secondary N) is 1. The van der Waals surface area contributed by atoms with E-state index in [9.17, 15) is 4.79 Å². The van der Waals surface area contributed by atoms with Crippen molar-refractivity contribution < 1.29 is 14.3 Å². The van der Waals surface area contributed by atoms with E-state index in [1.807, 2.05) is 0 Å². The molecule has 0 bridgehead atoms. The molecule has 5 nitrogen and oxygen atoms in total. The number of halogens is 1. The van der Waals surface area contributed by atoms with Gasteiger partial charge in [-0.25, -0.2) is 10.2 Å². The van der Waals surface area contributed by atoms with Gasteiger partial charge < -0.3 is 9.47 Å². The van der Waals surface area contributed by atoms with Crippen LogP contribution < -0.4 is 11.3 Å². The Labute approximate surface area is 89.7 Å². The first-order valence-electron chi connectivity index (χ1n) is 4.48. The summed E-state index contributed by atoms with van der Waals surface area (Å²) in [6.07, 6.45) is 1.14. The van der Waals surface area contributed by atoms with E-state index >= 15 is 0 Å². The van der Waals surface area contributed by atoms with E-state index in [0.717, 1.165) is 0 Å². The minimum Gasteiger partial charge on any atom is -0.465 e. The van der Waals surface area contributed by atoms with Crippen molar-refractivity contribution in [1.29, 1.82) is 0 Å². The van der Waals surface area contributed by atoms with Crippen molar-refractivity contribution in [3.05, 3.63) is 0 Å². The molecule has 0 aromatic carbocycles. The van der Waals surface area contributed by atoms with Crippen LogP contribution in [-0.4, -0.2) is 31.3 Å². The van der Waals surface area contributed by atoms with Crippen LogP contribution in [0.4, 0.5) is 0 Å². The minimum atomic E-state index is -0.728. The fraction of sp³-hybridized carbons (Fsp3) is 0.875. The molecule has 0 spiro atoms. The molecular formula is C8H17ClN2O3. The van der Waals surface area contributed by atoms with E-state index in [4.69, 9.17) is 15.3 Å². The summed E-state index contributed by atoms with van der Waals surface area (Å²) in [5.74, 6) is 5.09. The smallest absolute Gasteiger partial charge is 0.327 e. The maximum absolute atomic E-state index is 11.5. The Morgan fingerprint density at radius 3 is 2.57 bits per heavy atom. The number of carbonyl (C=O) groups is 1. The first-order chi connectivity index (χ1) is 6.25. The predicted octanol–water partition coefficient (Wildman–Crippen LogP) is -0.0162. The second-order valence-corrected chi connectivity index (χ2v) is 3.06. The number of esters is 1. The van der Waals surface area contributed by atoms with Crippen molar-refractivity contribution in [2.24, 2.45) is 5.84 Å². The summed E-state index contributed by atoms with van der Waals surface area (Å²) in [6.45, 7) is 3.25. The van der Waals surface area contributed by atoms with E-state index in [-0.39, 0.29) is 18.4 Å². The molecule has 1 saturated heterocycles. The SMILES string of the molecule is CCOC(=O)C1(NN)CCOCC1.Cl. The molecule has 3 N–H and O–H groups in total. The summed E-state index contributed by atoms with van der Waals surface area (Å²) in [5.41, 5.74) is 1.82. The summed E-state index contributed by atoms with van der Waals surface area (Å²) in [7, 11) is 0. The van der Waals surface area contributed by atoms with Crippen LogP contribution in [0.25, 0.3) is 0 Å². The van der Waals surface area contributed by atoms with Gasteiger partial charge in [-0.05, 0) is 6.92 Å². The molecule has 1 aliphatic rings. The molecule has 0 aromatic rings. The summed E-state index contributed by atoms with van der Waals surface area (Å²) in [6, 6.07) is 0. The second-order valence-electron chi connectivity index (χ2n) is 3.06. The predicted molar refractivity (Wildman–Crippen MR) is 54.0 cm³/mol. The Bertz CT molecular complexity index is 183. The monoisotopic (exact) mass is 224 g/mol. The maximum Gasteiger partial charge on any atom is 0.327 e. The molecule has 14 heavy (non-hydrogen) atoms. The third kappa shape index (κ3) is 2.81. The van der Waals surface area contributed by atoms with Crippen LogP contribution in [0, 0.1) is 0 Å². The highest BCUT2D eigenvalue weighted by Gasteiger charge is 2.40. The van der Waals surface area contributed by atoms with Crippen LogP contribution in [0.1, 0.15) is 19.8 Å². The van der Waals surface area contributed by atoms with Gasteiger partial charge >= 0.3 is 5.97 Å². The maximum atomic E-state index is 11.5. The largest absolute Gasteiger partial charge is 0.465 e. The normalized spacial score (nSPS) is 19.6. The third-order valence-corrected chi connectivity index (χ3v) is 2.29. The highest BCUT2D eigenvalue weighted by molar-refractivity contribution is 5.85. The fourth-order valence-corrected chi connectivity index (χ4v) is 1.40. The number of rotatable bonds is 3. The van der Waals surface area contributed by atoms with E-state index in [2.05, 4.69) is 5.43 Å². The van der Waals surface area contributed by atoms with Crippen LogP contribution in [-0.2, 0) is 14.3 Å². The van der Waals surface area contributed by atoms with Crippen LogP contribution in [0.2, 0.25) is 0 Å². The van der Waals surface area contributed by atoms with Crippen molar-refractivity contribution >= 4 is 18.4 Å². The minimum absolute atomic E-state index is 0. The highest BCUT2D eigenvalue weighted by Crippen LogP contribution is 2.21. The van der Waals surface area contributed by atoms with Crippen molar-refractivity contribution in [3.8, 4) is 0 Å². The van der Waals surface area contributed by atoms with Crippen molar-refractivity contribution in [3.63, 3.8) is 0 Å². The Morgan fingerprint density at radius 2 is 2.14 bits per heavy atom. The summed E-state index contributed by atoms with van der Waals surface area (Å²) in [4.78, 5) is 11.5. The first kappa shape index (κ1) is 13.6. The number of hydrogen-bond acceptors (Lipinski definition) is 5. The second kappa shape index (κ2) is 6.19. The van der Waals surface area contributed by atoms with E-state index in [0.29, 0.717) is 32.7 Å². The Kier molecular flexibility index (Phi) is 6.03. The van der Waals surface area contributed by atoms with Gasteiger partial charge in [0.15, 0.2) is 0 Å². The lowest BCUT2D eigenvalue weighted by Crippen LogP contribution is -2.59. The number of ether oxygens (including phenoxy) is 2. The molecule has 84 valence electrons. The fourth-order valence-electron chi connectivity index (χ4n) is 1.40. The number of carbonyl (C=O) groups excluding carboxylic acids is 1. The van der Waals surface area contributed by atoms with E-state index in [1.165, 1.54) is 0 Å². The lowest BCUT2D eigenvalue weighted by Gasteiger charge is -2.33. The van der Waals surface area contributed by atoms with Gasteiger partial charge in [0.05, 0.1) is 6.61 Å². The molecule has 1 rings (SSSR count). The van der Waals surface area contributed by atoms with Gasteiger partial charge in [0, 0.05) is 26.1 Å². The van der Waals surface area contributed by atoms with Gasteiger partial charge in [0.1, 0.15) is 5.54 Å². The molecule has 1 fully saturated rings. The molecule has 1 heterocycles. The van der Waals surface area contributed by atoms with Gasteiger partial charge in [-0.2, -0.15) is 0 Å². The van der Waals surface area contributed by atoms with Crippen molar-refractivity contribution in [2.75, 3.05) is 19.8 Å².